The van der Waals surface area contributed by atoms with Crippen molar-refractivity contribution >= 4 is 17.9 Å². The van der Waals surface area contributed by atoms with Gasteiger partial charge in [-0.2, -0.15) is 0 Å². The van der Waals surface area contributed by atoms with Crippen molar-refractivity contribution < 1.29 is 24.1 Å². The van der Waals surface area contributed by atoms with Crippen molar-refractivity contribution in [3.8, 4) is 17.2 Å². The minimum atomic E-state index is -0.451. The molecule has 0 spiro atoms. The van der Waals surface area contributed by atoms with E-state index in [0.29, 0.717) is 17.7 Å². The van der Waals surface area contributed by atoms with Crippen molar-refractivity contribution in [3.05, 3.63) is 76.4 Å². The summed E-state index contributed by atoms with van der Waals surface area (Å²) in [5, 5.41) is 10.6. The summed E-state index contributed by atoms with van der Waals surface area (Å²) in [4.78, 5) is 12.8. The lowest BCUT2D eigenvalue weighted by Crippen LogP contribution is -2.27. The molecule has 0 saturated heterocycles. The third-order valence-corrected chi connectivity index (χ3v) is 5.04. The Hall–Kier alpha value is -3.31. The summed E-state index contributed by atoms with van der Waals surface area (Å²) in [6.07, 6.45) is 9.70. The second kappa shape index (κ2) is 9.88. The van der Waals surface area contributed by atoms with Crippen LogP contribution in [0.2, 0.25) is 0 Å². The van der Waals surface area contributed by atoms with Gasteiger partial charge in [0.05, 0.1) is 11.1 Å². The lowest BCUT2D eigenvalue weighted by Gasteiger charge is -2.28. The van der Waals surface area contributed by atoms with Crippen molar-refractivity contribution in [2.24, 2.45) is 0 Å². The average Bonchev–Trinajstić information content (AvgIpc) is 2.74. The predicted octanol–water partition coefficient (Wildman–Crippen LogP) is 5.96. The van der Waals surface area contributed by atoms with Crippen LogP contribution >= 0.6 is 0 Å². The van der Waals surface area contributed by atoms with E-state index in [1.807, 2.05) is 52.0 Å². The quantitative estimate of drug-likeness (QED) is 0.240. The summed E-state index contributed by atoms with van der Waals surface area (Å²) in [5.74, 6) is 0.950. The third kappa shape index (κ3) is 5.68. The lowest BCUT2D eigenvalue weighted by molar-refractivity contribution is 0.0505. The highest BCUT2D eigenvalue weighted by Crippen LogP contribution is 2.38. The Kier molecular flexibility index (Phi) is 7.21. The number of methoxy groups -OCH3 is 1. The van der Waals surface area contributed by atoms with Gasteiger partial charge in [-0.15, -0.1) is 0 Å². The fourth-order valence-electron chi connectivity index (χ4n) is 3.34. The molecule has 0 aliphatic carbocycles. The molecule has 0 radical (unpaired) electrons. The number of phenols is 1. The Bertz CT molecular complexity index is 1090. The Labute approximate surface area is 189 Å². The highest BCUT2D eigenvalue weighted by atomic mass is 16.7. The molecule has 0 atom stereocenters. The van der Waals surface area contributed by atoms with Gasteiger partial charge in [-0.1, -0.05) is 23.8 Å². The molecule has 3 rings (SSSR count). The number of ether oxygens (including phenoxy) is 3. The van der Waals surface area contributed by atoms with Crippen molar-refractivity contribution in [2.75, 3.05) is 13.9 Å². The standard InChI is InChI=1S/C27H30O5/c1-18(2)6-9-20-16-19(8-12-24(20)31-17-30-5)7-11-23(28)21-10-13-25-22(26(21)29)14-15-27(3,4)32-25/h6-8,10-16,29H,9,17H2,1-5H3/b11-7+. The molecule has 0 fully saturated rings. The minimum Gasteiger partial charge on any atom is -0.506 e. The van der Waals surface area contributed by atoms with Gasteiger partial charge in [-0.05, 0) is 87.7 Å². The zero-order chi connectivity index (χ0) is 23.3. The third-order valence-electron chi connectivity index (χ3n) is 5.04. The molecule has 1 aliphatic heterocycles. The minimum absolute atomic E-state index is 0.0727. The highest BCUT2D eigenvalue weighted by Gasteiger charge is 2.25. The fourth-order valence-corrected chi connectivity index (χ4v) is 3.34. The summed E-state index contributed by atoms with van der Waals surface area (Å²) in [7, 11) is 1.58. The molecule has 0 unspecified atom stereocenters. The molecule has 0 bridgehead atoms. The van der Waals surface area contributed by atoms with E-state index in [0.717, 1.165) is 16.9 Å². The van der Waals surface area contributed by atoms with Gasteiger partial charge < -0.3 is 19.3 Å². The number of phenolic OH excluding ortho intramolecular Hbond substituents is 1. The molecule has 0 saturated carbocycles. The first-order chi connectivity index (χ1) is 15.2. The Balaban J connectivity index is 1.83. The first kappa shape index (κ1) is 23.4. The first-order valence-corrected chi connectivity index (χ1v) is 10.5. The molecule has 168 valence electrons. The van der Waals surface area contributed by atoms with Gasteiger partial charge in [0, 0.05) is 7.11 Å². The molecule has 5 nitrogen and oxygen atoms in total. The molecule has 32 heavy (non-hydrogen) atoms. The van der Waals surface area contributed by atoms with Gasteiger partial charge in [-0.3, -0.25) is 4.79 Å². The van der Waals surface area contributed by atoms with Crippen LogP contribution in [0.4, 0.5) is 0 Å². The molecule has 0 amide bonds. The number of carbonyl (C=O) groups excluding carboxylic acids is 1. The summed E-state index contributed by atoms with van der Waals surface area (Å²) >= 11 is 0. The van der Waals surface area contributed by atoms with Crippen LogP contribution in [-0.2, 0) is 11.2 Å². The van der Waals surface area contributed by atoms with Crippen molar-refractivity contribution in [3.63, 3.8) is 0 Å². The maximum absolute atomic E-state index is 12.8. The topological polar surface area (TPSA) is 65.0 Å². The number of hydrogen-bond donors (Lipinski definition) is 1. The van der Waals surface area contributed by atoms with Crippen LogP contribution in [0.15, 0.2) is 54.1 Å². The summed E-state index contributed by atoms with van der Waals surface area (Å²) in [5.41, 5.74) is 3.38. The van der Waals surface area contributed by atoms with Gasteiger partial charge in [0.2, 0.25) is 0 Å². The van der Waals surface area contributed by atoms with Crippen LogP contribution < -0.4 is 9.47 Å². The SMILES string of the molecule is COCOc1ccc(/C=C/C(=O)c2ccc3c(c2O)C=CC(C)(C)O3)cc1CC=C(C)C. The number of hydrogen-bond acceptors (Lipinski definition) is 5. The Morgan fingerprint density at radius 3 is 2.69 bits per heavy atom. The van der Waals surface area contributed by atoms with Crippen LogP contribution in [0.25, 0.3) is 12.2 Å². The number of allylic oxidation sites excluding steroid dienone is 3. The molecular weight excluding hydrogens is 404 g/mol. The first-order valence-electron chi connectivity index (χ1n) is 10.5. The lowest BCUT2D eigenvalue weighted by atomic mass is 9.98. The molecule has 1 N–H and O–H groups in total. The summed E-state index contributed by atoms with van der Waals surface area (Å²) in [6.45, 7) is 8.13. The molecule has 1 aliphatic rings. The molecule has 2 aromatic carbocycles. The van der Waals surface area contributed by atoms with E-state index in [9.17, 15) is 9.90 Å². The largest absolute Gasteiger partial charge is 0.506 e. The van der Waals surface area contributed by atoms with E-state index in [4.69, 9.17) is 14.2 Å². The number of fused-ring (bicyclic) bond motifs is 1. The molecule has 5 heteroatoms. The number of carbonyl (C=O) groups is 1. The average molecular weight is 435 g/mol. The highest BCUT2D eigenvalue weighted by molar-refractivity contribution is 6.09. The van der Waals surface area contributed by atoms with Gasteiger partial charge in [0.25, 0.3) is 0 Å². The summed E-state index contributed by atoms with van der Waals surface area (Å²) < 4.78 is 16.5. The van der Waals surface area contributed by atoms with Gasteiger partial charge in [-0.25, -0.2) is 0 Å². The predicted molar refractivity (Wildman–Crippen MR) is 127 cm³/mol. The maximum atomic E-state index is 12.8. The molecule has 1 heterocycles. The molecule has 0 aromatic heterocycles. The van der Waals surface area contributed by atoms with E-state index in [-0.39, 0.29) is 23.9 Å². The van der Waals surface area contributed by atoms with E-state index in [2.05, 4.69) is 6.08 Å². The van der Waals surface area contributed by atoms with E-state index in [1.54, 1.807) is 31.4 Å². The van der Waals surface area contributed by atoms with Crippen LogP contribution in [0.1, 0.15) is 54.7 Å². The van der Waals surface area contributed by atoms with Gasteiger partial charge >= 0.3 is 0 Å². The number of benzene rings is 2. The van der Waals surface area contributed by atoms with E-state index >= 15 is 0 Å². The van der Waals surface area contributed by atoms with Gasteiger partial charge in [0.15, 0.2) is 12.6 Å². The smallest absolute Gasteiger partial charge is 0.189 e. The van der Waals surface area contributed by atoms with Crippen molar-refractivity contribution in [1.29, 1.82) is 0 Å². The number of ketones is 1. The van der Waals surface area contributed by atoms with Crippen molar-refractivity contribution in [1.82, 2.24) is 0 Å². The monoisotopic (exact) mass is 434 g/mol. The molecule has 2 aromatic rings. The fraction of sp³-hybridized carbons (Fsp3) is 0.296. The maximum Gasteiger partial charge on any atom is 0.189 e. The second-order valence-electron chi connectivity index (χ2n) is 8.51. The second-order valence-corrected chi connectivity index (χ2v) is 8.51. The zero-order valence-electron chi connectivity index (χ0n) is 19.3. The number of aromatic hydroxyl groups is 1. The summed E-state index contributed by atoms with van der Waals surface area (Å²) in [6, 6.07) is 9.06. The normalized spacial score (nSPS) is 14.0. The van der Waals surface area contributed by atoms with Crippen LogP contribution in [0.3, 0.4) is 0 Å². The molecular formula is C27H30O5. The Morgan fingerprint density at radius 1 is 1.19 bits per heavy atom. The number of rotatable bonds is 8. The van der Waals surface area contributed by atoms with Crippen molar-refractivity contribution in [2.45, 2.75) is 39.7 Å². The van der Waals surface area contributed by atoms with Crippen LogP contribution in [-0.4, -0.2) is 30.4 Å². The van der Waals surface area contributed by atoms with Crippen LogP contribution in [0.5, 0.6) is 17.2 Å². The Morgan fingerprint density at radius 2 is 1.97 bits per heavy atom. The van der Waals surface area contributed by atoms with E-state index in [1.165, 1.54) is 11.6 Å². The van der Waals surface area contributed by atoms with Crippen LogP contribution in [0, 0.1) is 0 Å². The zero-order valence-corrected chi connectivity index (χ0v) is 19.3. The van der Waals surface area contributed by atoms with Gasteiger partial charge in [0.1, 0.15) is 22.8 Å². The van der Waals surface area contributed by atoms with E-state index < -0.39 is 5.60 Å².